The largest absolute Gasteiger partial charge is 0.481 e. The van der Waals surface area contributed by atoms with Crippen LogP contribution in [0.4, 0.5) is 0 Å². The second kappa shape index (κ2) is 6.02. The molecule has 1 amide bonds. The van der Waals surface area contributed by atoms with E-state index in [4.69, 9.17) is 0 Å². The molecule has 6 nitrogen and oxygen atoms in total. The summed E-state index contributed by atoms with van der Waals surface area (Å²) in [6, 6.07) is 9.52. The van der Waals surface area contributed by atoms with Crippen LogP contribution < -0.4 is 0 Å². The molecule has 2 atom stereocenters. The van der Waals surface area contributed by atoms with Crippen molar-refractivity contribution in [2.45, 2.75) is 38.1 Å². The van der Waals surface area contributed by atoms with Crippen LogP contribution in [0.5, 0.6) is 0 Å². The number of rotatable bonds is 4. The van der Waals surface area contributed by atoms with Gasteiger partial charge >= 0.3 is 5.97 Å². The molecular weight excluding hydrogens is 318 g/mol. The number of carbonyl (C=O) groups is 2. The number of benzene rings is 1. The molecule has 2 aliphatic rings. The van der Waals surface area contributed by atoms with Crippen molar-refractivity contribution >= 4 is 11.9 Å². The molecule has 0 radical (unpaired) electrons. The lowest BCUT2D eigenvalue weighted by Crippen LogP contribution is -2.38. The summed E-state index contributed by atoms with van der Waals surface area (Å²) >= 11 is 0. The van der Waals surface area contributed by atoms with Gasteiger partial charge in [0.2, 0.25) is 0 Å². The van der Waals surface area contributed by atoms with Gasteiger partial charge < -0.3 is 10.0 Å². The molecule has 1 aromatic carbocycles. The summed E-state index contributed by atoms with van der Waals surface area (Å²) in [7, 11) is 0. The van der Waals surface area contributed by atoms with Crippen LogP contribution >= 0.6 is 0 Å². The van der Waals surface area contributed by atoms with Crippen molar-refractivity contribution in [2.24, 2.45) is 5.92 Å². The number of para-hydroxylation sites is 1. The lowest BCUT2D eigenvalue weighted by molar-refractivity contribution is -0.142. The van der Waals surface area contributed by atoms with Crippen LogP contribution in [0.2, 0.25) is 0 Å². The zero-order valence-electron chi connectivity index (χ0n) is 14.1. The van der Waals surface area contributed by atoms with Gasteiger partial charge in [0.05, 0.1) is 29.1 Å². The Bertz CT molecular complexity index is 811. The molecule has 1 aliphatic carbocycles. The van der Waals surface area contributed by atoms with Gasteiger partial charge in [0.1, 0.15) is 0 Å². The highest BCUT2D eigenvalue weighted by Crippen LogP contribution is 2.43. The van der Waals surface area contributed by atoms with Crippen LogP contribution in [0.15, 0.2) is 36.5 Å². The topological polar surface area (TPSA) is 75.4 Å². The molecule has 1 aromatic heterocycles. The van der Waals surface area contributed by atoms with Gasteiger partial charge in [-0.15, -0.1) is 0 Å². The molecule has 25 heavy (non-hydrogen) atoms. The number of aromatic nitrogens is 2. The lowest BCUT2D eigenvalue weighted by atomic mass is 10.0. The smallest absolute Gasteiger partial charge is 0.308 e. The zero-order valence-corrected chi connectivity index (χ0v) is 14.1. The zero-order chi connectivity index (χ0) is 17.6. The number of carboxylic acids is 1. The summed E-state index contributed by atoms with van der Waals surface area (Å²) in [4.78, 5) is 26.1. The first kappa shape index (κ1) is 15.9. The molecule has 2 heterocycles. The Morgan fingerprint density at radius 1 is 1.16 bits per heavy atom. The van der Waals surface area contributed by atoms with Crippen LogP contribution in [-0.2, 0) is 4.79 Å². The Morgan fingerprint density at radius 2 is 1.88 bits per heavy atom. The van der Waals surface area contributed by atoms with E-state index in [1.54, 1.807) is 11.1 Å². The molecule has 0 spiro atoms. The molecule has 1 N–H and O–H groups in total. The minimum absolute atomic E-state index is 0.0969. The third-order valence-electron chi connectivity index (χ3n) is 5.33. The van der Waals surface area contributed by atoms with Gasteiger partial charge in [-0.3, -0.25) is 9.59 Å². The maximum Gasteiger partial charge on any atom is 0.308 e. The highest BCUT2D eigenvalue weighted by molar-refractivity contribution is 5.96. The average molecular weight is 339 g/mol. The van der Waals surface area contributed by atoms with E-state index in [0.29, 0.717) is 24.4 Å². The van der Waals surface area contributed by atoms with Crippen LogP contribution in [0, 0.1) is 5.92 Å². The Morgan fingerprint density at radius 3 is 2.48 bits per heavy atom. The number of likely N-dealkylation sites (tertiary alicyclic amines) is 1. The quantitative estimate of drug-likeness (QED) is 0.929. The number of amides is 1. The highest BCUT2D eigenvalue weighted by Gasteiger charge is 2.41. The SMILES string of the molecule is CC1C(C(=O)O)CCN1C(=O)c1cnn(-c2ccccc2)c1C1CC1. The van der Waals surface area contributed by atoms with E-state index in [9.17, 15) is 14.7 Å². The van der Waals surface area contributed by atoms with E-state index in [1.165, 1.54) is 0 Å². The van der Waals surface area contributed by atoms with Gasteiger partial charge in [-0.1, -0.05) is 18.2 Å². The molecule has 2 aromatic rings. The molecule has 130 valence electrons. The fourth-order valence-corrected chi connectivity index (χ4v) is 3.76. The summed E-state index contributed by atoms with van der Waals surface area (Å²) in [5, 5.41) is 13.8. The molecule has 1 saturated heterocycles. The Kier molecular flexibility index (Phi) is 3.82. The maximum absolute atomic E-state index is 13.1. The lowest BCUT2D eigenvalue weighted by Gasteiger charge is -2.23. The van der Waals surface area contributed by atoms with E-state index in [1.807, 2.05) is 41.9 Å². The number of nitrogens with zero attached hydrogens (tertiary/aromatic N) is 3. The summed E-state index contributed by atoms with van der Waals surface area (Å²) in [5.74, 6) is -1.06. The Labute approximate surface area is 146 Å². The molecular formula is C19H21N3O3. The predicted molar refractivity (Wildman–Crippen MR) is 91.8 cm³/mol. The minimum atomic E-state index is -0.829. The fraction of sp³-hybridized carbons (Fsp3) is 0.421. The van der Waals surface area contributed by atoms with Crippen molar-refractivity contribution in [2.75, 3.05) is 6.54 Å². The summed E-state index contributed by atoms with van der Waals surface area (Å²) < 4.78 is 1.86. The molecule has 2 unspecified atom stereocenters. The van der Waals surface area contributed by atoms with E-state index in [2.05, 4.69) is 5.10 Å². The first-order valence-electron chi connectivity index (χ1n) is 8.75. The molecule has 1 aliphatic heterocycles. The van der Waals surface area contributed by atoms with Crippen LogP contribution in [-0.4, -0.2) is 44.3 Å². The van der Waals surface area contributed by atoms with Crippen molar-refractivity contribution in [3.8, 4) is 5.69 Å². The molecule has 4 rings (SSSR count). The monoisotopic (exact) mass is 339 g/mol. The van der Waals surface area contributed by atoms with Crippen molar-refractivity contribution in [3.63, 3.8) is 0 Å². The first-order valence-corrected chi connectivity index (χ1v) is 8.75. The number of aliphatic carboxylic acids is 1. The van der Waals surface area contributed by atoms with Crippen molar-refractivity contribution in [3.05, 3.63) is 47.8 Å². The second-order valence-corrected chi connectivity index (χ2v) is 6.94. The molecule has 1 saturated carbocycles. The molecule has 0 bridgehead atoms. The number of hydrogen-bond acceptors (Lipinski definition) is 3. The third-order valence-corrected chi connectivity index (χ3v) is 5.33. The van der Waals surface area contributed by atoms with Gasteiger partial charge in [-0.25, -0.2) is 4.68 Å². The number of hydrogen-bond donors (Lipinski definition) is 1. The highest BCUT2D eigenvalue weighted by atomic mass is 16.4. The molecule has 2 fully saturated rings. The maximum atomic E-state index is 13.1. The van der Waals surface area contributed by atoms with Gasteiger partial charge in [-0.05, 0) is 38.3 Å². The predicted octanol–water partition coefficient (Wildman–Crippen LogP) is 2.68. The first-order chi connectivity index (χ1) is 12.1. The standard InChI is InChI=1S/C19H21N3O3/c1-12-15(19(24)25)9-10-21(12)18(23)16-11-20-22(17(16)13-7-8-13)14-5-3-2-4-6-14/h2-6,11-13,15H,7-10H2,1H3,(H,24,25). The van der Waals surface area contributed by atoms with Gasteiger partial charge in [0.25, 0.3) is 5.91 Å². The van der Waals surface area contributed by atoms with E-state index in [0.717, 1.165) is 24.2 Å². The fourth-order valence-electron chi connectivity index (χ4n) is 3.76. The average Bonchev–Trinajstić information content (AvgIpc) is 3.23. The minimum Gasteiger partial charge on any atom is -0.481 e. The van der Waals surface area contributed by atoms with Crippen molar-refractivity contribution in [1.82, 2.24) is 14.7 Å². The van der Waals surface area contributed by atoms with Gasteiger partial charge in [0.15, 0.2) is 0 Å². The van der Waals surface area contributed by atoms with Gasteiger partial charge in [-0.2, -0.15) is 5.10 Å². The van der Waals surface area contributed by atoms with E-state index >= 15 is 0 Å². The summed E-state index contributed by atoms with van der Waals surface area (Å²) in [6.45, 7) is 2.31. The Balaban J connectivity index is 1.68. The van der Waals surface area contributed by atoms with Gasteiger partial charge in [0, 0.05) is 18.5 Å². The van der Waals surface area contributed by atoms with E-state index in [-0.39, 0.29) is 11.9 Å². The Hall–Kier alpha value is -2.63. The summed E-state index contributed by atoms with van der Waals surface area (Å²) in [5.41, 5.74) is 2.52. The third kappa shape index (κ3) is 2.71. The normalized spacial score (nSPS) is 23.0. The van der Waals surface area contributed by atoms with Crippen LogP contribution in [0.1, 0.15) is 48.2 Å². The second-order valence-electron chi connectivity index (χ2n) is 6.94. The van der Waals surface area contributed by atoms with E-state index < -0.39 is 11.9 Å². The van der Waals surface area contributed by atoms with Crippen molar-refractivity contribution < 1.29 is 14.7 Å². The van der Waals surface area contributed by atoms with Crippen molar-refractivity contribution in [1.29, 1.82) is 0 Å². The summed E-state index contributed by atoms with van der Waals surface area (Å²) in [6.07, 6.45) is 4.27. The van der Waals surface area contributed by atoms with Crippen LogP contribution in [0.25, 0.3) is 5.69 Å². The number of carboxylic acid groups (broad SMARTS) is 1. The molecule has 6 heteroatoms. The van der Waals surface area contributed by atoms with Crippen LogP contribution in [0.3, 0.4) is 0 Å². The number of carbonyl (C=O) groups excluding carboxylic acids is 1.